The van der Waals surface area contributed by atoms with E-state index in [1.165, 1.54) is 4.57 Å². The molecule has 2 aromatic carbocycles. The minimum absolute atomic E-state index is 0.177. The second-order valence-electron chi connectivity index (χ2n) is 6.79. The highest BCUT2D eigenvalue weighted by atomic mass is 16.2. The highest BCUT2D eigenvalue weighted by molar-refractivity contribution is 5.81. The predicted molar refractivity (Wildman–Crippen MR) is 114 cm³/mol. The van der Waals surface area contributed by atoms with Crippen molar-refractivity contribution < 1.29 is 4.79 Å². The summed E-state index contributed by atoms with van der Waals surface area (Å²) >= 11 is 0. The topological polar surface area (TPSA) is 90.9 Å². The lowest BCUT2D eigenvalue weighted by Gasteiger charge is -2.14. The molecule has 8 nitrogen and oxygen atoms in total. The van der Waals surface area contributed by atoms with E-state index in [0.29, 0.717) is 10.9 Å². The first-order valence-electron chi connectivity index (χ1n) is 9.67. The fourth-order valence-electron chi connectivity index (χ4n) is 3.49. The number of para-hydroxylation sites is 2. The molecule has 1 N–H and O–H groups in total. The van der Waals surface area contributed by atoms with Gasteiger partial charge < -0.3 is 5.32 Å². The summed E-state index contributed by atoms with van der Waals surface area (Å²) in [6.45, 7) is 2.08. The number of hydrogen-bond acceptors (Lipinski definition) is 4. The Balaban J connectivity index is 1.60. The van der Waals surface area contributed by atoms with Crippen molar-refractivity contribution in [3.63, 3.8) is 0 Å². The smallest absolute Gasteiger partial charge is 0.331 e. The van der Waals surface area contributed by atoms with Crippen LogP contribution in [0, 0.1) is 0 Å². The summed E-state index contributed by atoms with van der Waals surface area (Å²) in [5.41, 5.74) is 1.37. The van der Waals surface area contributed by atoms with Crippen molar-refractivity contribution in [3.05, 3.63) is 93.4 Å². The summed E-state index contributed by atoms with van der Waals surface area (Å²) in [6.07, 6.45) is 3.52. The summed E-state index contributed by atoms with van der Waals surface area (Å²) in [7, 11) is 0. The van der Waals surface area contributed by atoms with Crippen LogP contribution in [0.3, 0.4) is 0 Å². The van der Waals surface area contributed by atoms with Gasteiger partial charge in [0.2, 0.25) is 5.91 Å². The third-order valence-corrected chi connectivity index (χ3v) is 4.97. The molecule has 4 rings (SSSR count). The first kappa shape index (κ1) is 19.4. The highest BCUT2D eigenvalue weighted by Gasteiger charge is 2.14. The summed E-state index contributed by atoms with van der Waals surface area (Å²) < 4.78 is 4.22. The Hall–Kier alpha value is -3.94. The van der Waals surface area contributed by atoms with E-state index in [0.717, 1.165) is 15.8 Å². The van der Waals surface area contributed by atoms with Crippen LogP contribution >= 0.6 is 0 Å². The minimum atomic E-state index is -0.492. The van der Waals surface area contributed by atoms with Gasteiger partial charge in [-0.1, -0.05) is 30.3 Å². The van der Waals surface area contributed by atoms with Gasteiger partial charge in [0.1, 0.15) is 6.54 Å². The molecule has 0 aliphatic heterocycles. The minimum Gasteiger partial charge on any atom is -0.350 e. The summed E-state index contributed by atoms with van der Waals surface area (Å²) in [6, 6.07) is 16.3. The zero-order valence-electron chi connectivity index (χ0n) is 16.5. The van der Waals surface area contributed by atoms with Crippen LogP contribution in [0.4, 0.5) is 0 Å². The van der Waals surface area contributed by atoms with Gasteiger partial charge in [-0.25, -0.2) is 9.48 Å². The number of amides is 1. The van der Waals surface area contributed by atoms with E-state index in [-0.39, 0.29) is 31.1 Å². The highest BCUT2D eigenvalue weighted by Crippen LogP contribution is 2.13. The van der Waals surface area contributed by atoms with Gasteiger partial charge in [0, 0.05) is 25.5 Å². The van der Waals surface area contributed by atoms with E-state index in [2.05, 4.69) is 10.4 Å². The van der Waals surface area contributed by atoms with Gasteiger partial charge in [0.25, 0.3) is 5.56 Å². The molecule has 0 saturated heterocycles. The molecule has 0 aliphatic carbocycles. The maximum atomic E-state index is 12.8. The fraction of sp³-hybridized carbons (Fsp3) is 0.182. The van der Waals surface area contributed by atoms with E-state index in [4.69, 9.17) is 0 Å². The molecule has 4 aromatic rings. The van der Waals surface area contributed by atoms with E-state index in [1.807, 2.05) is 36.5 Å². The molecule has 0 fully saturated rings. The van der Waals surface area contributed by atoms with Gasteiger partial charge in [-0.3, -0.25) is 18.7 Å². The molecule has 1 amide bonds. The van der Waals surface area contributed by atoms with Crippen molar-refractivity contribution in [1.82, 2.24) is 24.2 Å². The van der Waals surface area contributed by atoms with Crippen LogP contribution in [0.25, 0.3) is 16.6 Å². The molecule has 0 radical (unpaired) electrons. The number of rotatable bonds is 6. The second kappa shape index (κ2) is 8.20. The number of carbonyl (C=O) groups excluding carboxylic acids is 1. The molecule has 2 aromatic heterocycles. The Morgan fingerprint density at radius 2 is 1.77 bits per heavy atom. The van der Waals surface area contributed by atoms with Crippen molar-refractivity contribution in [1.29, 1.82) is 0 Å². The average molecular weight is 403 g/mol. The molecule has 0 atom stereocenters. The summed E-state index contributed by atoms with van der Waals surface area (Å²) in [5, 5.41) is 7.52. The molecular weight excluding hydrogens is 382 g/mol. The number of fused-ring (bicyclic) bond motifs is 1. The monoisotopic (exact) mass is 403 g/mol. The number of nitrogens with one attached hydrogen (secondary N) is 1. The number of carbonyl (C=O) groups is 1. The molecule has 30 heavy (non-hydrogen) atoms. The largest absolute Gasteiger partial charge is 0.350 e. The average Bonchev–Trinajstić information content (AvgIpc) is 3.30. The van der Waals surface area contributed by atoms with Crippen LogP contribution in [-0.2, 0) is 24.4 Å². The number of hydrogen-bond donors (Lipinski definition) is 1. The zero-order valence-corrected chi connectivity index (χ0v) is 16.5. The zero-order chi connectivity index (χ0) is 21.1. The Morgan fingerprint density at radius 1 is 1.00 bits per heavy atom. The lowest BCUT2D eigenvalue weighted by molar-refractivity contribution is -0.121. The quantitative estimate of drug-likeness (QED) is 0.530. The van der Waals surface area contributed by atoms with Crippen molar-refractivity contribution in [3.8, 4) is 5.69 Å². The van der Waals surface area contributed by atoms with Crippen molar-refractivity contribution >= 4 is 16.8 Å². The maximum Gasteiger partial charge on any atom is 0.331 e. The Kier molecular flexibility index (Phi) is 5.30. The molecule has 0 saturated carbocycles. The number of aromatic nitrogens is 4. The second-order valence-corrected chi connectivity index (χ2v) is 6.79. The molecule has 2 heterocycles. The standard InChI is InChI=1S/C22H21N5O3/c1-2-25-21(29)17-9-4-6-11-19(17)26(22(25)30)15-20(28)23-14-16-8-3-5-10-18(16)27-13-7-12-24-27/h3-13H,2,14-15H2,1H3,(H,23,28). The van der Waals surface area contributed by atoms with Crippen LogP contribution in [-0.4, -0.2) is 24.8 Å². The Bertz CT molecular complexity index is 1320. The maximum absolute atomic E-state index is 12.8. The normalized spacial score (nSPS) is 11.0. The van der Waals surface area contributed by atoms with Crippen LogP contribution in [0.2, 0.25) is 0 Å². The first-order chi connectivity index (χ1) is 14.6. The molecule has 8 heteroatoms. The molecule has 152 valence electrons. The van der Waals surface area contributed by atoms with E-state index < -0.39 is 5.69 Å². The van der Waals surface area contributed by atoms with E-state index >= 15 is 0 Å². The Labute approximate surface area is 172 Å². The molecular formula is C22H21N5O3. The molecule has 0 bridgehead atoms. The number of benzene rings is 2. The third kappa shape index (κ3) is 3.55. The van der Waals surface area contributed by atoms with Gasteiger partial charge in [0.05, 0.1) is 16.6 Å². The van der Waals surface area contributed by atoms with E-state index in [9.17, 15) is 14.4 Å². The number of nitrogens with zero attached hydrogens (tertiary/aromatic N) is 4. The van der Waals surface area contributed by atoms with E-state index in [1.54, 1.807) is 42.1 Å². The van der Waals surface area contributed by atoms with Crippen LogP contribution in [0.1, 0.15) is 12.5 Å². The summed E-state index contributed by atoms with van der Waals surface area (Å²) in [5.74, 6) is -0.321. The first-order valence-corrected chi connectivity index (χ1v) is 9.67. The molecule has 0 aliphatic rings. The van der Waals surface area contributed by atoms with Crippen LogP contribution in [0.5, 0.6) is 0 Å². The van der Waals surface area contributed by atoms with Crippen molar-refractivity contribution in [2.75, 3.05) is 0 Å². The van der Waals surface area contributed by atoms with Gasteiger partial charge in [0.15, 0.2) is 0 Å². The molecule has 0 spiro atoms. The molecule has 0 unspecified atom stereocenters. The van der Waals surface area contributed by atoms with Crippen LogP contribution < -0.4 is 16.6 Å². The lowest BCUT2D eigenvalue weighted by Crippen LogP contribution is -2.42. The van der Waals surface area contributed by atoms with Gasteiger partial charge in [-0.2, -0.15) is 5.10 Å². The SMILES string of the molecule is CCn1c(=O)c2ccccc2n(CC(=O)NCc2ccccc2-n2cccn2)c1=O. The third-order valence-electron chi connectivity index (χ3n) is 4.97. The summed E-state index contributed by atoms with van der Waals surface area (Å²) in [4.78, 5) is 38.0. The van der Waals surface area contributed by atoms with Gasteiger partial charge in [-0.15, -0.1) is 0 Å². The van der Waals surface area contributed by atoms with Gasteiger partial charge >= 0.3 is 5.69 Å². The fourth-order valence-corrected chi connectivity index (χ4v) is 3.49. The van der Waals surface area contributed by atoms with Gasteiger partial charge in [-0.05, 0) is 36.8 Å². The van der Waals surface area contributed by atoms with Crippen molar-refractivity contribution in [2.24, 2.45) is 0 Å². The lowest BCUT2D eigenvalue weighted by atomic mass is 10.2. The Morgan fingerprint density at radius 3 is 2.53 bits per heavy atom. The van der Waals surface area contributed by atoms with Crippen molar-refractivity contribution in [2.45, 2.75) is 26.6 Å². The predicted octanol–water partition coefficient (Wildman–Crippen LogP) is 1.69. The van der Waals surface area contributed by atoms with Crippen LogP contribution in [0.15, 0.2) is 76.6 Å².